The third-order valence-electron chi connectivity index (χ3n) is 3.53. The summed E-state index contributed by atoms with van der Waals surface area (Å²) in [6, 6.07) is 5.00. The Kier molecular flexibility index (Phi) is 5.75. The van der Waals surface area contributed by atoms with Crippen molar-refractivity contribution in [1.82, 2.24) is 5.01 Å². The monoisotopic (exact) mass is 335 g/mol. The second kappa shape index (κ2) is 7.78. The smallest absolute Gasteiger partial charge is 0.260 e. The Balaban J connectivity index is 2.12. The maximum Gasteiger partial charge on any atom is 0.260 e. The van der Waals surface area contributed by atoms with E-state index in [0.717, 1.165) is 0 Å². The molecule has 0 unspecified atom stereocenters. The Labute approximate surface area is 140 Å². The predicted molar refractivity (Wildman–Crippen MR) is 88.4 cm³/mol. The van der Waals surface area contributed by atoms with Crippen molar-refractivity contribution in [2.75, 3.05) is 39.8 Å². The van der Waals surface area contributed by atoms with E-state index in [1.165, 1.54) is 19.2 Å². The van der Waals surface area contributed by atoms with Crippen LogP contribution in [0, 0.1) is 5.92 Å². The highest BCUT2D eigenvalue weighted by Gasteiger charge is 2.37. The average molecular weight is 335 g/mol. The van der Waals surface area contributed by atoms with Crippen molar-refractivity contribution < 1.29 is 23.8 Å². The first kappa shape index (κ1) is 17.7. The fourth-order valence-electron chi connectivity index (χ4n) is 2.33. The standard InChI is InChI=1S/C16H21N3O5/c1-10-14(16(21)19(2)18-10)15(20)17-11-5-6-12(23-4)13(9-11)24-8-7-22-3/h5-6,9,14H,7-8H2,1-4H3,(H,17,20)/t14-/m0/s1. The van der Waals surface area contributed by atoms with Gasteiger partial charge in [0.2, 0.25) is 5.91 Å². The number of rotatable bonds is 7. The molecule has 0 bridgehead atoms. The van der Waals surface area contributed by atoms with E-state index in [1.807, 2.05) is 0 Å². The van der Waals surface area contributed by atoms with Gasteiger partial charge in [-0.3, -0.25) is 9.59 Å². The van der Waals surface area contributed by atoms with Crippen LogP contribution >= 0.6 is 0 Å². The molecule has 0 aromatic heterocycles. The van der Waals surface area contributed by atoms with Gasteiger partial charge < -0.3 is 19.5 Å². The molecule has 1 aromatic carbocycles. The quantitative estimate of drug-likeness (QED) is 0.596. The van der Waals surface area contributed by atoms with Gasteiger partial charge in [-0.05, 0) is 19.1 Å². The Bertz CT molecular complexity index is 659. The minimum absolute atomic E-state index is 0.349. The van der Waals surface area contributed by atoms with E-state index in [-0.39, 0.29) is 5.91 Å². The van der Waals surface area contributed by atoms with Crippen LogP contribution in [0.3, 0.4) is 0 Å². The SMILES string of the molecule is COCCOc1cc(NC(=O)[C@H]2C(=O)N(C)N=C2C)ccc1OC. The zero-order valence-corrected chi connectivity index (χ0v) is 14.2. The highest BCUT2D eigenvalue weighted by molar-refractivity contribution is 6.24. The van der Waals surface area contributed by atoms with Crippen LogP contribution in [-0.4, -0.2) is 57.0 Å². The average Bonchev–Trinajstić information content (AvgIpc) is 2.80. The molecule has 8 nitrogen and oxygen atoms in total. The van der Waals surface area contributed by atoms with Crippen LogP contribution in [0.1, 0.15) is 6.92 Å². The number of carbonyl (C=O) groups excluding carboxylic acids is 2. The zero-order valence-electron chi connectivity index (χ0n) is 14.2. The third kappa shape index (κ3) is 3.83. The lowest BCUT2D eigenvalue weighted by atomic mass is 10.0. The molecule has 130 valence electrons. The summed E-state index contributed by atoms with van der Waals surface area (Å²) in [6.45, 7) is 2.43. The summed E-state index contributed by atoms with van der Waals surface area (Å²) < 4.78 is 15.7. The van der Waals surface area contributed by atoms with Crippen LogP contribution < -0.4 is 14.8 Å². The molecule has 1 aromatic rings. The molecule has 24 heavy (non-hydrogen) atoms. The van der Waals surface area contributed by atoms with Crippen LogP contribution in [0.15, 0.2) is 23.3 Å². The number of benzene rings is 1. The predicted octanol–water partition coefficient (Wildman–Crippen LogP) is 1.12. The van der Waals surface area contributed by atoms with Crippen molar-refractivity contribution in [3.8, 4) is 11.5 Å². The summed E-state index contributed by atoms with van der Waals surface area (Å²) in [5.74, 6) is -0.672. The van der Waals surface area contributed by atoms with Gasteiger partial charge in [0.05, 0.1) is 19.4 Å². The van der Waals surface area contributed by atoms with Gasteiger partial charge in [0.1, 0.15) is 6.61 Å². The molecule has 2 rings (SSSR count). The molecule has 0 radical (unpaired) electrons. The second-order valence-electron chi connectivity index (χ2n) is 5.23. The molecule has 8 heteroatoms. The topological polar surface area (TPSA) is 89.5 Å². The highest BCUT2D eigenvalue weighted by Crippen LogP contribution is 2.30. The molecular formula is C16H21N3O5. The van der Waals surface area contributed by atoms with Gasteiger partial charge in [0.15, 0.2) is 17.4 Å². The minimum atomic E-state index is -0.907. The lowest BCUT2D eigenvalue weighted by Crippen LogP contribution is -2.34. The van der Waals surface area contributed by atoms with Crippen molar-refractivity contribution in [2.24, 2.45) is 11.0 Å². The first-order valence-corrected chi connectivity index (χ1v) is 7.41. The molecule has 0 spiro atoms. The van der Waals surface area contributed by atoms with Crippen molar-refractivity contribution in [3.05, 3.63) is 18.2 Å². The van der Waals surface area contributed by atoms with Gasteiger partial charge in [-0.15, -0.1) is 0 Å². The largest absolute Gasteiger partial charge is 0.493 e. The summed E-state index contributed by atoms with van der Waals surface area (Å²) in [5, 5.41) is 7.88. The summed E-state index contributed by atoms with van der Waals surface area (Å²) >= 11 is 0. The van der Waals surface area contributed by atoms with Crippen LogP contribution in [0.2, 0.25) is 0 Å². The van der Waals surface area contributed by atoms with E-state index in [0.29, 0.717) is 36.1 Å². The number of hydrogen-bond donors (Lipinski definition) is 1. The zero-order chi connectivity index (χ0) is 17.7. The number of ether oxygens (including phenoxy) is 3. The van der Waals surface area contributed by atoms with E-state index in [1.54, 1.807) is 32.2 Å². The van der Waals surface area contributed by atoms with Gasteiger partial charge in [-0.25, -0.2) is 5.01 Å². The number of nitrogens with zero attached hydrogens (tertiary/aromatic N) is 2. The first-order chi connectivity index (χ1) is 11.5. The number of amides is 2. The molecular weight excluding hydrogens is 314 g/mol. The molecule has 1 atom stereocenters. The fraction of sp³-hybridized carbons (Fsp3) is 0.438. The number of nitrogens with one attached hydrogen (secondary N) is 1. The van der Waals surface area contributed by atoms with E-state index >= 15 is 0 Å². The van der Waals surface area contributed by atoms with Crippen LogP contribution in [0.25, 0.3) is 0 Å². The molecule has 1 N–H and O–H groups in total. The number of hydrazone groups is 1. The fourth-order valence-corrected chi connectivity index (χ4v) is 2.33. The molecule has 1 aliphatic heterocycles. The van der Waals surface area contributed by atoms with Crippen LogP contribution in [0.5, 0.6) is 11.5 Å². The van der Waals surface area contributed by atoms with Gasteiger partial charge in [-0.1, -0.05) is 0 Å². The Morgan fingerprint density at radius 1 is 1.29 bits per heavy atom. The van der Waals surface area contributed by atoms with Crippen molar-refractivity contribution in [3.63, 3.8) is 0 Å². The van der Waals surface area contributed by atoms with Crippen LogP contribution in [0.4, 0.5) is 5.69 Å². The van der Waals surface area contributed by atoms with Gasteiger partial charge in [0, 0.05) is 25.9 Å². The lowest BCUT2D eigenvalue weighted by Gasteiger charge is -2.14. The lowest BCUT2D eigenvalue weighted by molar-refractivity contribution is -0.134. The summed E-state index contributed by atoms with van der Waals surface area (Å²) in [4.78, 5) is 24.4. The summed E-state index contributed by atoms with van der Waals surface area (Å²) in [5.41, 5.74) is 0.966. The molecule has 0 saturated heterocycles. The van der Waals surface area contributed by atoms with E-state index in [9.17, 15) is 9.59 Å². The van der Waals surface area contributed by atoms with E-state index in [2.05, 4.69) is 10.4 Å². The highest BCUT2D eigenvalue weighted by atomic mass is 16.5. The number of methoxy groups -OCH3 is 2. The van der Waals surface area contributed by atoms with Crippen molar-refractivity contribution in [2.45, 2.75) is 6.92 Å². The Hall–Kier alpha value is -2.61. The Morgan fingerprint density at radius 3 is 2.62 bits per heavy atom. The van der Waals surface area contributed by atoms with Gasteiger partial charge in [-0.2, -0.15) is 5.10 Å². The number of carbonyl (C=O) groups is 2. The molecule has 1 heterocycles. The van der Waals surface area contributed by atoms with Crippen molar-refractivity contribution in [1.29, 1.82) is 0 Å². The number of anilines is 1. The van der Waals surface area contributed by atoms with Gasteiger partial charge >= 0.3 is 0 Å². The Morgan fingerprint density at radius 2 is 2.04 bits per heavy atom. The summed E-state index contributed by atoms with van der Waals surface area (Å²) in [6.07, 6.45) is 0. The molecule has 0 aliphatic carbocycles. The minimum Gasteiger partial charge on any atom is -0.493 e. The van der Waals surface area contributed by atoms with E-state index < -0.39 is 11.8 Å². The van der Waals surface area contributed by atoms with Crippen molar-refractivity contribution >= 4 is 23.2 Å². The maximum absolute atomic E-state index is 12.4. The number of hydrogen-bond acceptors (Lipinski definition) is 6. The molecule has 0 saturated carbocycles. The normalized spacial score (nSPS) is 16.8. The maximum atomic E-state index is 12.4. The summed E-state index contributed by atoms with van der Waals surface area (Å²) in [7, 11) is 4.63. The third-order valence-corrected chi connectivity index (χ3v) is 3.53. The molecule has 1 aliphatic rings. The first-order valence-electron chi connectivity index (χ1n) is 7.41. The second-order valence-corrected chi connectivity index (χ2v) is 5.23. The molecule has 0 fully saturated rings. The van der Waals surface area contributed by atoms with Gasteiger partial charge in [0.25, 0.3) is 5.91 Å². The van der Waals surface area contributed by atoms with Crippen LogP contribution in [-0.2, 0) is 14.3 Å². The molecule has 2 amide bonds. The van der Waals surface area contributed by atoms with E-state index in [4.69, 9.17) is 14.2 Å².